The third-order valence-electron chi connectivity index (χ3n) is 3.61. The summed E-state index contributed by atoms with van der Waals surface area (Å²) in [5.74, 6) is 0.754. The molecule has 1 aliphatic rings. The second kappa shape index (κ2) is 7.27. The summed E-state index contributed by atoms with van der Waals surface area (Å²) >= 11 is 1.90. The smallest absolute Gasteiger partial charge is 0.0299 e. The molecular formula is C15H26N2S. The zero-order valence-electron chi connectivity index (χ0n) is 11.7. The van der Waals surface area contributed by atoms with Gasteiger partial charge in [0.05, 0.1) is 0 Å². The van der Waals surface area contributed by atoms with E-state index in [4.69, 9.17) is 0 Å². The summed E-state index contributed by atoms with van der Waals surface area (Å²) in [6.45, 7) is 10.6. The van der Waals surface area contributed by atoms with E-state index >= 15 is 0 Å². The molecule has 1 aromatic rings. The average Bonchev–Trinajstić information content (AvgIpc) is 2.76. The summed E-state index contributed by atoms with van der Waals surface area (Å²) in [5, 5.41) is 3.59. The Hall–Kier alpha value is -0.380. The highest BCUT2D eigenvalue weighted by atomic mass is 32.1. The van der Waals surface area contributed by atoms with Gasteiger partial charge in [-0.1, -0.05) is 13.3 Å². The number of thiophene rings is 1. The lowest BCUT2D eigenvalue weighted by Gasteiger charge is -2.29. The van der Waals surface area contributed by atoms with Crippen LogP contribution in [-0.4, -0.2) is 31.1 Å². The summed E-state index contributed by atoms with van der Waals surface area (Å²) in [7, 11) is 0. The third kappa shape index (κ3) is 4.71. The predicted octanol–water partition coefficient (Wildman–Crippen LogP) is 3.27. The van der Waals surface area contributed by atoms with Crippen LogP contribution in [0.5, 0.6) is 0 Å². The molecular weight excluding hydrogens is 240 g/mol. The monoisotopic (exact) mass is 266 g/mol. The molecule has 0 bridgehead atoms. The van der Waals surface area contributed by atoms with Gasteiger partial charge in [-0.2, -0.15) is 0 Å². The number of nitrogens with one attached hydrogen (secondary N) is 1. The molecule has 2 heterocycles. The van der Waals surface area contributed by atoms with Crippen molar-refractivity contribution in [3.8, 4) is 0 Å². The molecule has 0 amide bonds. The molecule has 0 saturated carbocycles. The van der Waals surface area contributed by atoms with Crippen LogP contribution in [-0.2, 0) is 6.54 Å². The van der Waals surface area contributed by atoms with Gasteiger partial charge in [0.15, 0.2) is 0 Å². The summed E-state index contributed by atoms with van der Waals surface area (Å²) < 4.78 is 0. The number of piperidine rings is 1. The minimum atomic E-state index is 0.754. The predicted molar refractivity (Wildman–Crippen MR) is 80.2 cm³/mol. The van der Waals surface area contributed by atoms with Gasteiger partial charge >= 0.3 is 0 Å². The molecule has 1 aliphatic heterocycles. The Morgan fingerprint density at radius 1 is 1.28 bits per heavy atom. The molecule has 1 aromatic heterocycles. The maximum atomic E-state index is 3.59. The lowest BCUT2D eigenvalue weighted by molar-refractivity contribution is 0.199. The van der Waals surface area contributed by atoms with Crippen LogP contribution in [0.25, 0.3) is 0 Å². The second-order valence-electron chi connectivity index (χ2n) is 5.61. The number of rotatable bonds is 6. The van der Waals surface area contributed by atoms with Crippen LogP contribution in [0.1, 0.15) is 35.9 Å². The SMILES string of the molecule is Cc1ccc(CNCC(C)CN2CCCCC2)s1. The van der Waals surface area contributed by atoms with E-state index in [9.17, 15) is 0 Å². The Morgan fingerprint density at radius 3 is 2.72 bits per heavy atom. The van der Waals surface area contributed by atoms with Crippen LogP contribution in [0.2, 0.25) is 0 Å². The van der Waals surface area contributed by atoms with E-state index in [0.29, 0.717) is 0 Å². The second-order valence-corrected chi connectivity index (χ2v) is 6.98. The first-order chi connectivity index (χ1) is 8.74. The largest absolute Gasteiger partial charge is 0.312 e. The maximum absolute atomic E-state index is 3.59. The van der Waals surface area contributed by atoms with Crippen molar-refractivity contribution in [2.45, 2.75) is 39.7 Å². The highest BCUT2D eigenvalue weighted by Crippen LogP contribution is 2.15. The van der Waals surface area contributed by atoms with Gasteiger partial charge in [0.25, 0.3) is 0 Å². The topological polar surface area (TPSA) is 15.3 Å². The standard InChI is InChI=1S/C15H26N2S/c1-13(12-17-8-4-3-5-9-17)10-16-11-15-7-6-14(2)18-15/h6-7,13,16H,3-5,8-12H2,1-2H3. The van der Waals surface area contributed by atoms with Crippen LogP contribution in [0.3, 0.4) is 0 Å². The third-order valence-corrected chi connectivity index (χ3v) is 4.61. The van der Waals surface area contributed by atoms with E-state index in [1.165, 1.54) is 48.7 Å². The van der Waals surface area contributed by atoms with Crippen molar-refractivity contribution < 1.29 is 0 Å². The van der Waals surface area contributed by atoms with Gasteiger partial charge in [0.2, 0.25) is 0 Å². The quantitative estimate of drug-likeness (QED) is 0.850. The van der Waals surface area contributed by atoms with E-state index < -0.39 is 0 Å². The fraction of sp³-hybridized carbons (Fsp3) is 0.733. The Bertz CT molecular complexity index is 342. The zero-order valence-corrected chi connectivity index (χ0v) is 12.6. The molecule has 1 saturated heterocycles. The van der Waals surface area contributed by atoms with E-state index in [1.54, 1.807) is 0 Å². The van der Waals surface area contributed by atoms with Crippen LogP contribution in [0, 0.1) is 12.8 Å². The molecule has 1 atom stereocenters. The number of aryl methyl sites for hydroxylation is 1. The first kappa shape index (κ1) is 14.0. The molecule has 18 heavy (non-hydrogen) atoms. The van der Waals surface area contributed by atoms with Gasteiger partial charge in [-0.05, 0) is 57.5 Å². The number of hydrogen-bond acceptors (Lipinski definition) is 3. The maximum Gasteiger partial charge on any atom is 0.0299 e. The molecule has 1 unspecified atom stereocenters. The Labute approximate surface area is 115 Å². The molecule has 2 rings (SSSR count). The van der Waals surface area contributed by atoms with Crippen molar-refractivity contribution in [1.82, 2.24) is 10.2 Å². The van der Waals surface area contributed by atoms with Crippen LogP contribution in [0.15, 0.2) is 12.1 Å². The zero-order chi connectivity index (χ0) is 12.8. The molecule has 2 nitrogen and oxygen atoms in total. The number of hydrogen-bond donors (Lipinski definition) is 1. The lowest BCUT2D eigenvalue weighted by atomic mass is 10.1. The number of likely N-dealkylation sites (tertiary alicyclic amines) is 1. The highest BCUT2D eigenvalue weighted by molar-refractivity contribution is 7.11. The molecule has 1 fully saturated rings. The molecule has 0 radical (unpaired) electrons. The first-order valence-electron chi connectivity index (χ1n) is 7.22. The minimum absolute atomic E-state index is 0.754. The van der Waals surface area contributed by atoms with Gasteiger partial charge in [0, 0.05) is 22.8 Å². The van der Waals surface area contributed by atoms with E-state index in [2.05, 4.69) is 36.2 Å². The fourth-order valence-electron chi connectivity index (χ4n) is 2.67. The molecule has 0 spiro atoms. The van der Waals surface area contributed by atoms with Gasteiger partial charge < -0.3 is 10.2 Å². The molecule has 1 N–H and O–H groups in total. The Balaban J connectivity index is 1.60. The van der Waals surface area contributed by atoms with E-state index in [0.717, 1.165) is 19.0 Å². The average molecular weight is 266 g/mol. The number of nitrogens with zero attached hydrogens (tertiary/aromatic N) is 1. The lowest BCUT2D eigenvalue weighted by Crippen LogP contribution is -2.36. The molecule has 0 aromatic carbocycles. The Morgan fingerprint density at radius 2 is 2.06 bits per heavy atom. The van der Waals surface area contributed by atoms with Gasteiger partial charge in [-0.3, -0.25) is 0 Å². The van der Waals surface area contributed by atoms with Gasteiger partial charge in [-0.25, -0.2) is 0 Å². The van der Waals surface area contributed by atoms with Gasteiger partial charge in [-0.15, -0.1) is 11.3 Å². The van der Waals surface area contributed by atoms with Gasteiger partial charge in [0.1, 0.15) is 0 Å². The normalized spacial score (nSPS) is 19.0. The molecule has 0 aliphatic carbocycles. The Kier molecular flexibility index (Phi) is 5.67. The molecule has 102 valence electrons. The summed E-state index contributed by atoms with van der Waals surface area (Å²) in [6, 6.07) is 4.45. The van der Waals surface area contributed by atoms with Crippen LogP contribution in [0.4, 0.5) is 0 Å². The summed E-state index contributed by atoms with van der Waals surface area (Å²) in [4.78, 5) is 5.50. The van der Waals surface area contributed by atoms with Crippen molar-refractivity contribution in [2.24, 2.45) is 5.92 Å². The van der Waals surface area contributed by atoms with E-state index in [1.807, 2.05) is 11.3 Å². The fourth-order valence-corrected chi connectivity index (χ4v) is 3.53. The minimum Gasteiger partial charge on any atom is -0.312 e. The summed E-state index contributed by atoms with van der Waals surface area (Å²) in [6.07, 6.45) is 4.23. The van der Waals surface area contributed by atoms with Crippen molar-refractivity contribution in [2.75, 3.05) is 26.2 Å². The van der Waals surface area contributed by atoms with Crippen molar-refractivity contribution in [1.29, 1.82) is 0 Å². The van der Waals surface area contributed by atoms with Crippen LogP contribution < -0.4 is 5.32 Å². The van der Waals surface area contributed by atoms with Crippen molar-refractivity contribution >= 4 is 11.3 Å². The van der Waals surface area contributed by atoms with Crippen molar-refractivity contribution in [3.63, 3.8) is 0 Å². The van der Waals surface area contributed by atoms with Crippen molar-refractivity contribution in [3.05, 3.63) is 21.9 Å². The molecule has 3 heteroatoms. The summed E-state index contributed by atoms with van der Waals surface area (Å²) in [5.41, 5.74) is 0. The van der Waals surface area contributed by atoms with Crippen LogP contribution >= 0.6 is 11.3 Å². The highest BCUT2D eigenvalue weighted by Gasteiger charge is 2.13. The van der Waals surface area contributed by atoms with E-state index in [-0.39, 0.29) is 0 Å². The first-order valence-corrected chi connectivity index (χ1v) is 8.04.